The van der Waals surface area contributed by atoms with Crippen molar-refractivity contribution in [3.05, 3.63) is 113 Å². The molecule has 0 aromatic heterocycles. The van der Waals surface area contributed by atoms with E-state index in [0.717, 1.165) is 20.8 Å². The van der Waals surface area contributed by atoms with Gasteiger partial charge in [0.05, 0.1) is 9.26 Å². The predicted octanol–water partition coefficient (Wildman–Crippen LogP) is 7.14. The van der Waals surface area contributed by atoms with E-state index in [1.807, 2.05) is 109 Å². The molecule has 4 aromatic carbocycles. The summed E-state index contributed by atoms with van der Waals surface area (Å²) in [6.45, 7) is 0. The molecule has 0 aliphatic rings. The van der Waals surface area contributed by atoms with Crippen LogP contribution in [-0.2, 0) is 0 Å². The first-order valence-corrected chi connectivity index (χ1v) is 9.85. The summed E-state index contributed by atoms with van der Waals surface area (Å²) in [5, 5.41) is 0. The molecule has 2 N–H and O–H groups in total. The van der Waals surface area contributed by atoms with Gasteiger partial charge in [-0.1, -0.05) is 60.7 Å². The van der Waals surface area contributed by atoms with Crippen molar-refractivity contribution in [1.82, 2.24) is 0 Å². The summed E-state index contributed by atoms with van der Waals surface area (Å²) < 4.78 is 12.4. The molecule has 0 aliphatic heterocycles. The number of hydrogen-bond donors (Lipinski definition) is 1. The minimum atomic E-state index is 0.649. The molecule has 0 radical (unpaired) electrons. The highest BCUT2D eigenvalue weighted by Gasteiger charge is 2.00. The standard InChI is InChI=1S/C12H9IO.C12H11NO/c2*13-11-8-4-5-9-12(11)14-10-6-2-1-3-7-10/h1-9H;1-9H,13H2. The predicted molar refractivity (Wildman–Crippen MR) is 123 cm³/mol. The summed E-state index contributed by atoms with van der Waals surface area (Å²) in [5.41, 5.74) is 6.39. The van der Waals surface area contributed by atoms with Crippen LogP contribution in [0.5, 0.6) is 23.0 Å². The first kappa shape index (κ1) is 19.8. The molecule has 28 heavy (non-hydrogen) atoms. The Balaban J connectivity index is 0.000000161. The second-order valence-corrected chi connectivity index (χ2v) is 6.96. The minimum Gasteiger partial charge on any atom is -0.456 e. The first-order valence-electron chi connectivity index (χ1n) is 8.77. The van der Waals surface area contributed by atoms with Gasteiger partial charge in [0, 0.05) is 0 Å². The molecular weight excluding hydrogens is 461 g/mol. The fraction of sp³-hybridized carbons (Fsp3) is 0. The second-order valence-electron chi connectivity index (χ2n) is 5.80. The van der Waals surface area contributed by atoms with Gasteiger partial charge in [0.15, 0.2) is 0 Å². The van der Waals surface area contributed by atoms with E-state index in [4.69, 9.17) is 15.2 Å². The smallest absolute Gasteiger partial charge is 0.150 e. The normalized spacial score (nSPS) is 9.75. The summed E-state index contributed by atoms with van der Waals surface area (Å²) in [6, 6.07) is 34.8. The largest absolute Gasteiger partial charge is 0.456 e. The Morgan fingerprint density at radius 1 is 0.500 bits per heavy atom. The Hall–Kier alpha value is -2.99. The number of hydrogen-bond acceptors (Lipinski definition) is 3. The first-order chi connectivity index (χ1) is 13.7. The third kappa shape index (κ3) is 6.03. The van der Waals surface area contributed by atoms with E-state index in [2.05, 4.69) is 22.6 Å². The Kier molecular flexibility index (Phi) is 7.32. The van der Waals surface area contributed by atoms with Gasteiger partial charge in [-0.05, 0) is 71.1 Å². The van der Waals surface area contributed by atoms with E-state index in [0.29, 0.717) is 11.4 Å². The summed E-state index contributed by atoms with van der Waals surface area (Å²) in [7, 11) is 0. The van der Waals surface area contributed by atoms with Crippen molar-refractivity contribution in [3.8, 4) is 23.0 Å². The Bertz CT molecular complexity index is 908. The lowest BCUT2D eigenvalue weighted by Crippen LogP contribution is -1.90. The Morgan fingerprint density at radius 3 is 1.46 bits per heavy atom. The number of para-hydroxylation sites is 5. The number of ether oxygens (including phenoxy) is 2. The number of nitrogens with two attached hydrogens (primary N) is 1. The Morgan fingerprint density at radius 2 is 0.929 bits per heavy atom. The lowest BCUT2D eigenvalue weighted by atomic mass is 10.3. The van der Waals surface area contributed by atoms with Crippen molar-refractivity contribution in [2.24, 2.45) is 0 Å². The number of nitrogen functional groups attached to an aromatic ring is 1. The highest BCUT2D eigenvalue weighted by atomic mass is 127. The van der Waals surface area contributed by atoms with Gasteiger partial charge in [0.1, 0.15) is 23.0 Å². The molecule has 4 aromatic rings. The number of benzene rings is 4. The van der Waals surface area contributed by atoms with Crippen molar-refractivity contribution in [1.29, 1.82) is 0 Å². The minimum absolute atomic E-state index is 0.649. The molecule has 3 nitrogen and oxygen atoms in total. The van der Waals surface area contributed by atoms with Gasteiger partial charge >= 0.3 is 0 Å². The molecule has 0 heterocycles. The fourth-order valence-electron chi connectivity index (χ4n) is 2.33. The highest BCUT2D eigenvalue weighted by Crippen LogP contribution is 2.26. The zero-order valence-corrected chi connectivity index (χ0v) is 17.3. The number of rotatable bonds is 4. The molecule has 140 valence electrons. The molecule has 0 atom stereocenters. The number of anilines is 1. The molecule has 0 amide bonds. The SMILES string of the molecule is Ic1ccccc1Oc1ccccc1.Nc1ccccc1Oc1ccccc1. The molecule has 4 heteroatoms. The maximum absolute atomic E-state index is 5.74. The molecule has 0 aliphatic carbocycles. The Labute approximate surface area is 178 Å². The molecule has 0 unspecified atom stereocenters. The zero-order valence-electron chi connectivity index (χ0n) is 15.2. The van der Waals surface area contributed by atoms with Crippen LogP contribution in [0.2, 0.25) is 0 Å². The monoisotopic (exact) mass is 481 g/mol. The van der Waals surface area contributed by atoms with Crippen LogP contribution in [0.4, 0.5) is 5.69 Å². The molecule has 4 rings (SSSR count). The molecule has 0 fully saturated rings. The maximum Gasteiger partial charge on any atom is 0.150 e. The van der Waals surface area contributed by atoms with Gasteiger partial charge < -0.3 is 15.2 Å². The summed E-state index contributed by atoms with van der Waals surface area (Å²) in [5.74, 6) is 3.26. The fourth-order valence-corrected chi connectivity index (χ4v) is 2.83. The van der Waals surface area contributed by atoms with Crippen LogP contribution < -0.4 is 15.2 Å². The average Bonchev–Trinajstić information content (AvgIpc) is 2.74. The van der Waals surface area contributed by atoms with Crippen molar-refractivity contribution in [3.63, 3.8) is 0 Å². The van der Waals surface area contributed by atoms with Crippen LogP contribution in [-0.4, -0.2) is 0 Å². The van der Waals surface area contributed by atoms with Crippen LogP contribution in [0.15, 0.2) is 109 Å². The van der Waals surface area contributed by atoms with Crippen molar-refractivity contribution in [2.45, 2.75) is 0 Å². The molecule has 0 saturated heterocycles. The van der Waals surface area contributed by atoms with Gasteiger partial charge in [0.2, 0.25) is 0 Å². The molecule has 0 spiro atoms. The lowest BCUT2D eigenvalue weighted by molar-refractivity contribution is 0.479. The third-order valence-electron chi connectivity index (χ3n) is 3.70. The quantitative estimate of drug-likeness (QED) is 0.249. The van der Waals surface area contributed by atoms with Crippen LogP contribution in [0.1, 0.15) is 0 Å². The van der Waals surface area contributed by atoms with Crippen molar-refractivity contribution in [2.75, 3.05) is 5.73 Å². The van der Waals surface area contributed by atoms with Crippen LogP contribution in [0, 0.1) is 3.57 Å². The summed E-state index contributed by atoms with van der Waals surface area (Å²) in [4.78, 5) is 0. The highest BCUT2D eigenvalue weighted by molar-refractivity contribution is 14.1. The average molecular weight is 481 g/mol. The van der Waals surface area contributed by atoms with Crippen molar-refractivity contribution >= 4 is 28.3 Å². The van der Waals surface area contributed by atoms with Gasteiger partial charge in [-0.25, -0.2) is 0 Å². The maximum atomic E-state index is 5.74. The lowest BCUT2D eigenvalue weighted by Gasteiger charge is -2.07. The van der Waals surface area contributed by atoms with E-state index in [1.165, 1.54) is 0 Å². The number of halogens is 1. The zero-order chi connectivity index (χ0) is 19.6. The van der Waals surface area contributed by atoms with Gasteiger partial charge in [0.25, 0.3) is 0 Å². The van der Waals surface area contributed by atoms with E-state index in [1.54, 1.807) is 0 Å². The van der Waals surface area contributed by atoms with E-state index in [-0.39, 0.29) is 0 Å². The van der Waals surface area contributed by atoms with Gasteiger partial charge in [-0.3, -0.25) is 0 Å². The third-order valence-corrected chi connectivity index (χ3v) is 4.59. The molecule has 0 bridgehead atoms. The molecule has 0 saturated carbocycles. The topological polar surface area (TPSA) is 44.5 Å². The van der Waals surface area contributed by atoms with E-state index >= 15 is 0 Å². The van der Waals surface area contributed by atoms with Gasteiger partial charge in [-0.15, -0.1) is 0 Å². The van der Waals surface area contributed by atoms with Crippen LogP contribution in [0.25, 0.3) is 0 Å². The summed E-state index contributed by atoms with van der Waals surface area (Å²) >= 11 is 2.26. The van der Waals surface area contributed by atoms with E-state index < -0.39 is 0 Å². The van der Waals surface area contributed by atoms with Crippen molar-refractivity contribution < 1.29 is 9.47 Å². The van der Waals surface area contributed by atoms with Gasteiger partial charge in [-0.2, -0.15) is 0 Å². The van der Waals surface area contributed by atoms with Crippen LogP contribution >= 0.6 is 22.6 Å². The summed E-state index contributed by atoms with van der Waals surface area (Å²) in [6.07, 6.45) is 0. The van der Waals surface area contributed by atoms with E-state index in [9.17, 15) is 0 Å². The second kappa shape index (κ2) is 10.4. The molecular formula is C24H20INO2. The van der Waals surface area contributed by atoms with Crippen LogP contribution in [0.3, 0.4) is 0 Å².